The number of carbonyl (C=O) groups excluding carboxylic acids is 1. The van der Waals surface area contributed by atoms with E-state index in [9.17, 15) is 61.0 Å². The molecular weight excluding hydrogens is 1210 g/mol. The van der Waals surface area contributed by atoms with E-state index in [2.05, 4.69) is 92.1 Å². The van der Waals surface area contributed by atoms with E-state index in [-0.39, 0.29) is 18.9 Å². The number of nitrogens with one attached hydrogen (secondary N) is 1. The Balaban J connectivity index is 1.43. The largest absolute Gasteiger partial charge is 0.394 e. The molecule has 17 unspecified atom stereocenters. The van der Waals surface area contributed by atoms with E-state index in [1.165, 1.54) is 141 Å². The lowest BCUT2D eigenvalue weighted by Crippen LogP contribution is -2.66. The first-order valence-corrected chi connectivity index (χ1v) is 37.3. The maximum absolute atomic E-state index is 13.4. The van der Waals surface area contributed by atoms with Crippen molar-refractivity contribution in [3.8, 4) is 0 Å². The van der Waals surface area contributed by atoms with E-state index < -0.39 is 124 Å². The molecule has 3 aliphatic rings. The third-order valence-corrected chi connectivity index (χ3v) is 18.2. The number of amides is 1. The Morgan fingerprint density at radius 1 is 0.389 bits per heavy atom. The third kappa shape index (κ3) is 37.8. The summed E-state index contributed by atoms with van der Waals surface area (Å²) in [5, 5.41) is 121. The fraction of sp³-hybridized carbons (Fsp3) is 0.803. The molecule has 0 radical (unpaired) electrons. The number of aliphatic hydroxyl groups is 11. The average Bonchev–Trinajstić information content (AvgIpc) is 0.787. The summed E-state index contributed by atoms with van der Waals surface area (Å²) < 4.78 is 34.4. The van der Waals surface area contributed by atoms with Gasteiger partial charge < -0.3 is 89.9 Å². The minimum absolute atomic E-state index is 0.224. The number of carbonyl (C=O) groups is 1. The molecule has 19 nitrogen and oxygen atoms in total. The van der Waals surface area contributed by atoms with Gasteiger partial charge in [-0.2, -0.15) is 0 Å². The number of hydrogen-bond donors (Lipinski definition) is 12. The van der Waals surface area contributed by atoms with Crippen molar-refractivity contribution in [2.45, 2.75) is 362 Å². The highest BCUT2D eigenvalue weighted by molar-refractivity contribution is 5.76. The van der Waals surface area contributed by atoms with Crippen LogP contribution in [0.15, 0.2) is 85.1 Å². The maximum Gasteiger partial charge on any atom is 0.220 e. The van der Waals surface area contributed by atoms with Gasteiger partial charge >= 0.3 is 0 Å². The second-order valence-electron chi connectivity index (χ2n) is 26.4. The maximum atomic E-state index is 13.4. The van der Waals surface area contributed by atoms with Gasteiger partial charge in [-0.15, -0.1) is 0 Å². The molecule has 0 aromatic carbocycles. The van der Waals surface area contributed by atoms with Crippen molar-refractivity contribution in [1.82, 2.24) is 5.32 Å². The van der Waals surface area contributed by atoms with E-state index in [4.69, 9.17) is 28.4 Å². The number of rotatable bonds is 57. The molecule has 0 aromatic rings. The first-order valence-electron chi connectivity index (χ1n) is 37.3. The molecule has 0 aliphatic carbocycles. The highest BCUT2D eigenvalue weighted by atomic mass is 16.8. The van der Waals surface area contributed by atoms with Crippen molar-refractivity contribution in [1.29, 1.82) is 0 Å². The van der Waals surface area contributed by atoms with Crippen molar-refractivity contribution in [3.63, 3.8) is 0 Å². The van der Waals surface area contributed by atoms with Crippen LogP contribution in [0.25, 0.3) is 0 Å². The smallest absolute Gasteiger partial charge is 0.220 e. The van der Waals surface area contributed by atoms with Crippen LogP contribution in [0.4, 0.5) is 0 Å². The van der Waals surface area contributed by atoms with Gasteiger partial charge in [0.1, 0.15) is 73.2 Å². The zero-order valence-corrected chi connectivity index (χ0v) is 58.4. The molecule has 3 saturated heterocycles. The second kappa shape index (κ2) is 56.7. The van der Waals surface area contributed by atoms with Crippen LogP contribution >= 0.6 is 0 Å². The standard InChI is InChI=1S/C76H133NO18/c1-3-5-7-9-11-13-15-17-19-21-23-25-27-29-31-33-35-37-39-41-43-45-47-49-51-53-60(81)59(77-64(82)54-52-50-48-46-44-42-40-38-36-34-32-30-28-26-24-22-20-18-16-14-12-10-8-6-4-2)58-90-74-70(88)67(85)72(62(56-79)92-74)95-76-71(89)68(86)73(63(57-80)93-76)94-75-69(87)66(84)65(83)61(55-78)91-75/h6,8,12,14,18,20,24,26,30,32,43,45,51,53,59-63,65-76,78-81,83-89H,3-5,7,9-11,13,15-17,19,21-23,25,27-29,31,33-42,44,46-50,52,54-58H2,1-2H3,(H,77,82)/b8-6-,14-12-,20-18-,26-24-,32-30-,45-43+,53-51+. The van der Waals surface area contributed by atoms with Crippen LogP contribution in [0.1, 0.15) is 258 Å². The van der Waals surface area contributed by atoms with Crippen LogP contribution in [0.3, 0.4) is 0 Å². The highest BCUT2D eigenvalue weighted by Gasteiger charge is 2.53. The van der Waals surface area contributed by atoms with E-state index in [1.54, 1.807) is 6.08 Å². The van der Waals surface area contributed by atoms with Gasteiger partial charge in [0, 0.05) is 6.42 Å². The number of unbranched alkanes of at least 4 members (excludes halogenated alkanes) is 29. The molecule has 0 aromatic heterocycles. The molecule has 0 spiro atoms. The summed E-state index contributed by atoms with van der Waals surface area (Å²) in [6.07, 6.45) is 47.0. The van der Waals surface area contributed by atoms with E-state index in [0.717, 1.165) is 83.5 Å². The Hall–Kier alpha value is -3.03. The minimum atomic E-state index is -1.99. The summed E-state index contributed by atoms with van der Waals surface area (Å²) in [4.78, 5) is 13.4. The molecule has 550 valence electrons. The van der Waals surface area contributed by atoms with E-state index in [0.29, 0.717) is 12.8 Å². The number of ether oxygens (including phenoxy) is 6. The average molecular weight is 1350 g/mol. The molecule has 19 heteroatoms. The minimum Gasteiger partial charge on any atom is -0.394 e. The van der Waals surface area contributed by atoms with Gasteiger partial charge in [-0.05, 0) is 77.0 Å². The summed E-state index contributed by atoms with van der Waals surface area (Å²) in [6.45, 7) is 1.61. The molecule has 12 N–H and O–H groups in total. The fourth-order valence-corrected chi connectivity index (χ4v) is 12.2. The molecule has 1 amide bonds. The second-order valence-corrected chi connectivity index (χ2v) is 26.4. The Labute approximate surface area is 571 Å². The van der Waals surface area contributed by atoms with Gasteiger partial charge in [-0.1, -0.05) is 259 Å². The SMILES string of the molecule is CC/C=C\C/C=C\C/C=C\C/C=C\C/C=C\CCCCCCCCCCCC(=O)NC(COC1OC(CO)C(OC2OC(CO)C(OC3OC(CO)C(O)C(O)C3O)C(O)C2O)C(O)C1O)C(O)/C=C/CC/C=C/CCCCCCCCCCCCCCCCCCCCC. The van der Waals surface area contributed by atoms with Crippen LogP contribution in [0.5, 0.6) is 0 Å². The van der Waals surface area contributed by atoms with E-state index in [1.807, 2.05) is 6.08 Å². The summed E-state index contributed by atoms with van der Waals surface area (Å²) in [7, 11) is 0. The lowest BCUT2D eigenvalue weighted by molar-refractivity contribution is -0.379. The van der Waals surface area contributed by atoms with Gasteiger partial charge in [0.05, 0.1) is 38.6 Å². The lowest BCUT2D eigenvalue weighted by Gasteiger charge is -2.48. The van der Waals surface area contributed by atoms with Crippen LogP contribution in [0.2, 0.25) is 0 Å². The quantitative estimate of drug-likeness (QED) is 0.0199. The highest BCUT2D eigenvalue weighted by Crippen LogP contribution is 2.33. The molecule has 17 atom stereocenters. The molecule has 0 saturated carbocycles. The zero-order valence-electron chi connectivity index (χ0n) is 58.4. The van der Waals surface area contributed by atoms with Gasteiger partial charge in [0.15, 0.2) is 18.9 Å². The van der Waals surface area contributed by atoms with Gasteiger partial charge in [0.25, 0.3) is 0 Å². The zero-order chi connectivity index (χ0) is 68.9. The van der Waals surface area contributed by atoms with Crippen molar-refractivity contribution in [2.75, 3.05) is 26.4 Å². The van der Waals surface area contributed by atoms with Crippen LogP contribution in [-0.4, -0.2) is 193 Å². The predicted molar refractivity (Wildman–Crippen MR) is 374 cm³/mol. The first kappa shape index (κ1) is 86.2. The summed E-state index contributed by atoms with van der Waals surface area (Å²) >= 11 is 0. The monoisotopic (exact) mass is 1350 g/mol. The van der Waals surface area contributed by atoms with Crippen molar-refractivity contribution in [3.05, 3.63) is 85.1 Å². The van der Waals surface area contributed by atoms with Crippen LogP contribution in [0, 0.1) is 0 Å². The molecule has 95 heavy (non-hydrogen) atoms. The topological polar surface area (TPSA) is 307 Å². The van der Waals surface area contributed by atoms with Gasteiger partial charge in [-0.3, -0.25) is 4.79 Å². The Bertz CT molecular complexity index is 2050. The van der Waals surface area contributed by atoms with Gasteiger partial charge in [-0.25, -0.2) is 0 Å². The molecular formula is C76H133NO18. The number of allylic oxidation sites excluding steroid dienone is 13. The Morgan fingerprint density at radius 3 is 1.18 bits per heavy atom. The number of aliphatic hydroxyl groups excluding tert-OH is 11. The van der Waals surface area contributed by atoms with Crippen LogP contribution < -0.4 is 5.32 Å². The molecule has 0 bridgehead atoms. The lowest BCUT2D eigenvalue weighted by atomic mass is 9.96. The van der Waals surface area contributed by atoms with Crippen molar-refractivity contribution in [2.24, 2.45) is 0 Å². The summed E-state index contributed by atoms with van der Waals surface area (Å²) in [5.74, 6) is -0.293. The van der Waals surface area contributed by atoms with Crippen LogP contribution in [-0.2, 0) is 33.2 Å². The Kier molecular flexibility index (Phi) is 51.4. The van der Waals surface area contributed by atoms with Gasteiger partial charge in [0.2, 0.25) is 5.91 Å². The number of hydrogen-bond acceptors (Lipinski definition) is 18. The van der Waals surface area contributed by atoms with E-state index >= 15 is 0 Å². The first-order chi connectivity index (χ1) is 46.3. The predicted octanol–water partition coefficient (Wildman–Crippen LogP) is 11.1. The van der Waals surface area contributed by atoms with Crippen molar-refractivity contribution >= 4 is 5.91 Å². The third-order valence-electron chi connectivity index (χ3n) is 18.2. The fourth-order valence-electron chi connectivity index (χ4n) is 12.2. The summed E-state index contributed by atoms with van der Waals surface area (Å²) in [6, 6.07) is -1.00. The molecule has 3 fully saturated rings. The molecule has 3 heterocycles. The normalized spacial score (nSPS) is 27.7. The van der Waals surface area contributed by atoms with Crippen molar-refractivity contribution < 1.29 is 89.4 Å². The molecule has 3 aliphatic heterocycles. The Morgan fingerprint density at radius 2 is 0.737 bits per heavy atom. The molecule has 3 rings (SSSR count). The summed E-state index contributed by atoms with van der Waals surface area (Å²) in [5.41, 5.74) is 0.